The van der Waals surface area contributed by atoms with Gasteiger partial charge in [0.1, 0.15) is 0 Å². The van der Waals surface area contributed by atoms with Crippen LogP contribution in [0.15, 0.2) is 104 Å². The Labute approximate surface area is 210 Å². The Hall–Kier alpha value is -4.58. The first-order chi connectivity index (χ1) is 17.7. The summed E-state index contributed by atoms with van der Waals surface area (Å²) in [6, 6.07) is 30.9. The molecule has 0 unspecified atom stereocenters. The van der Waals surface area contributed by atoms with Crippen LogP contribution in [0.3, 0.4) is 0 Å². The molecule has 0 fully saturated rings. The third-order valence-electron chi connectivity index (χ3n) is 6.75. The number of urea groups is 1. The van der Waals surface area contributed by atoms with Gasteiger partial charge in [-0.05, 0) is 40.3 Å². The Kier molecular flexibility index (Phi) is 5.83. The maximum Gasteiger partial charge on any atom is 0.322 e. The highest BCUT2D eigenvalue weighted by molar-refractivity contribution is 6.01. The number of amides is 2. The fourth-order valence-corrected chi connectivity index (χ4v) is 4.92. The van der Waals surface area contributed by atoms with Gasteiger partial charge in [-0.15, -0.1) is 0 Å². The summed E-state index contributed by atoms with van der Waals surface area (Å²) in [6.07, 6.45) is 3.63. The molecule has 0 saturated carbocycles. The number of aromatic amines is 1. The predicted molar refractivity (Wildman–Crippen MR) is 145 cm³/mol. The molecular weight excluding hydrogens is 446 g/mol. The Balaban J connectivity index is 1.32. The van der Waals surface area contributed by atoms with E-state index in [0.29, 0.717) is 26.2 Å². The van der Waals surface area contributed by atoms with Gasteiger partial charge in [-0.25, -0.2) is 9.78 Å². The standard InChI is InChI=1S/C30H27N5O/c36-30(33-28-12-6-10-23-9-4-5-11-27(23)28)35-16-15-34(20-26-18-31-21-32-26)29-14-13-24(17-25(29)19-35)22-7-2-1-3-8-22/h1-14,17-18,21H,15-16,19-20H2,(H,31,32)(H,33,36). The van der Waals surface area contributed by atoms with Gasteiger partial charge in [-0.2, -0.15) is 0 Å². The van der Waals surface area contributed by atoms with Gasteiger partial charge in [-0.3, -0.25) is 0 Å². The highest BCUT2D eigenvalue weighted by Gasteiger charge is 2.24. The smallest absolute Gasteiger partial charge is 0.322 e. The maximum absolute atomic E-state index is 13.5. The van der Waals surface area contributed by atoms with Crippen LogP contribution in [0.2, 0.25) is 0 Å². The van der Waals surface area contributed by atoms with E-state index in [9.17, 15) is 4.79 Å². The average Bonchev–Trinajstić information content (AvgIpc) is 3.37. The lowest BCUT2D eigenvalue weighted by molar-refractivity contribution is 0.211. The van der Waals surface area contributed by atoms with E-state index in [0.717, 1.165) is 44.5 Å². The molecule has 0 spiro atoms. The molecule has 178 valence electrons. The molecule has 1 aliphatic heterocycles. The van der Waals surface area contributed by atoms with E-state index in [2.05, 4.69) is 74.8 Å². The lowest BCUT2D eigenvalue weighted by Crippen LogP contribution is -2.38. The van der Waals surface area contributed by atoms with Crippen LogP contribution in [-0.2, 0) is 13.1 Å². The average molecular weight is 474 g/mol. The number of nitrogens with one attached hydrogen (secondary N) is 2. The highest BCUT2D eigenvalue weighted by Crippen LogP contribution is 2.32. The van der Waals surface area contributed by atoms with Gasteiger partial charge in [0.2, 0.25) is 0 Å². The van der Waals surface area contributed by atoms with Crippen LogP contribution in [0, 0.1) is 0 Å². The van der Waals surface area contributed by atoms with Gasteiger partial charge in [0.15, 0.2) is 0 Å². The van der Waals surface area contributed by atoms with Crippen molar-refractivity contribution < 1.29 is 4.79 Å². The zero-order valence-electron chi connectivity index (χ0n) is 19.9. The lowest BCUT2D eigenvalue weighted by Gasteiger charge is -2.24. The Morgan fingerprint density at radius 3 is 2.58 bits per heavy atom. The summed E-state index contributed by atoms with van der Waals surface area (Å²) in [5, 5.41) is 5.31. The molecule has 36 heavy (non-hydrogen) atoms. The largest absolute Gasteiger partial charge is 0.364 e. The fraction of sp³-hybridized carbons (Fsp3) is 0.133. The van der Waals surface area contributed by atoms with E-state index in [1.807, 2.05) is 47.5 Å². The number of fused-ring (bicyclic) bond motifs is 2. The molecule has 2 heterocycles. The third kappa shape index (κ3) is 4.41. The topological polar surface area (TPSA) is 64.3 Å². The van der Waals surface area contributed by atoms with Crippen molar-refractivity contribution in [3.8, 4) is 11.1 Å². The number of carbonyl (C=O) groups is 1. The number of aromatic nitrogens is 2. The van der Waals surface area contributed by atoms with Crippen LogP contribution in [0.25, 0.3) is 21.9 Å². The van der Waals surface area contributed by atoms with Crippen molar-refractivity contribution in [3.63, 3.8) is 0 Å². The second kappa shape index (κ2) is 9.58. The normalized spacial score (nSPS) is 13.3. The summed E-state index contributed by atoms with van der Waals surface area (Å²) in [4.78, 5) is 25.2. The van der Waals surface area contributed by atoms with Crippen LogP contribution in [0.5, 0.6) is 0 Å². The fourth-order valence-electron chi connectivity index (χ4n) is 4.92. The number of carbonyl (C=O) groups excluding carboxylic acids is 1. The summed E-state index contributed by atoms with van der Waals surface area (Å²) < 4.78 is 0. The van der Waals surface area contributed by atoms with Gasteiger partial charge in [0.05, 0.1) is 24.3 Å². The van der Waals surface area contributed by atoms with Crippen LogP contribution in [-0.4, -0.2) is 34.0 Å². The van der Waals surface area contributed by atoms with Crippen molar-refractivity contribution >= 4 is 28.2 Å². The number of hydrogen-bond acceptors (Lipinski definition) is 3. The molecule has 0 radical (unpaired) electrons. The van der Waals surface area contributed by atoms with Crippen molar-refractivity contribution in [2.24, 2.45) is 0 Å². The molecule has 1 aliphatic rings. The first-order valence-corrected chi connectivity index (χ1v) is 12.2. The van der Waals surface area contributed by atoms with Gasteiger partial charge in [0, 0.05) is 36.9 Å². The molecule has 0 saturated heterocycles. The van der Waals surface area contributed by atoms with Gasteiger partial charge >= 0.3 is 6.03 Å². The van der Waals surface area contributed by atoms with Gasteiger partial charge < -0.3 is 20.1 Å². The van der Waals surface area contributed by atoms with E-state index < -0.39 is 0 Å². The number of rotatable bonds is 4. The molecule has 5 aromatic rings. The zero-order valence-corrected chi connectivity index (χ0v) is 19.9. The van der Waals surface area contributed by atoms with Crippen LogP contribution < -0.4 is 10.2 Å². The van der Waals surface area contributed by atoms with Crippen molar-refractivity contribution in [2.75, 3.05) is 23.3 Å². The van der Waals surface area contributed by atoms with Crippen molar-refractivity contribution in [2.45, 2.75) is 13.1 Å². The highest BCUT2D eigenvalue weighted by atomic mass is 16.2. The van der Waals surface area contributed by atoms with Crippen molar-refractivity contribution in [1.29, 1.82) is 0 Å². The van der Waals surface area contributed by atoms with Gasteiger partial charge in [-0.1, -0.05) is 72.8 Å². The number of H-pyrrole nitrogens is 1. The monoisotopic (exact) mass is 473 g/mol. The minimum atomic E-state index is -0.0935. The number of hydrogen-bond donors (Lipinski definition) is 2. The summed E-state index contributed by atoms with van der Waals surface area (Å²) in [5.74, 6) is 0. The van der Waals surface area contributed by atoms with E-state index >= 15 is 0 Å². The first kappa shape index (κ1) is 21.9. The number of benzene rings is 4. The van der Waals surface area contributed by atoms with Gasteiger partial charge in [0.25, 0.3) is 0 Å². The number of imidazole rings is 1. The molecule has 6 rings (SSSR count). The molecule has 6 heteroatoms. The predicted octanol–water partition coefficient (Wildman–Crippen LogP) is 6.28. The lowest BCUT2D eigenvalue weighted by atomic mass is 10.0. The van der Waals surface area contributed by atoms with Crippen LogP contribution in [0.4, 0.5) is 16.2 Å². The van der Waals surface area contributed by atoms with E-state index in [1.54, 1.807) is 6.33 Å². The molecule has 6 nitrogen and oxygen atoms in total. The van der Waals surface area contributed by atoms with Crippen molar-refractivity contribution in [3.05, 3.63) is 115 Å². The third-order valence-corrected chi connectivity index (χ3v) is 6.75. The summed E-state index contributed by atoms with van der Waals surface area (Å²) >= 11 is 0. The SMILES string of the molecule is O=C(Nc1cccc2ccccc12)N1CCN(Cc2c[nH]cn2)c2ccc(-c3ccccc3)cc2C1. The minimum absolute atomic E-state index is 0.0935. The molecular formula is C30H27N5O. The van der Waals surface area contributed by atoms with Crippen LogP contribution >= 0.6 is 0 Å². The second-order valence-corrected chi connectivity index (χ2v) is 9.07. The summed E-state index contributed by atoms with van der Waals surface area (Å²) in [6.45, 7) is 2.54. The molecule has 2 amide bonds. The quantitative estimate of drug-likeness (QED) is 0.323. The van der Waals surface area contributed by atoms with Crippen molar-refractivity contribution in [1.82, 2.24) is 14.9 Å². The molecule has 2 N–H and O–H groups in total. The number of anilines is 2. The minimum Gasteiger partial charge on any atom is -0.364 e. The Bertz CT molecular complexity index is 1490. The summed E-state index contributed by atoms with van der Waals surface area (Å²) in [5.41, 5.74) is 6.37. The van der Waals surface area contributed by atoms with E-state index in [-0.39, 0.29) is 6.03 Å². The first-order valence-electron chi connectivity index (χ1n) is 12.2. The molecule has 4 aromatic carbocycles. The number of nitrogens with zero attached hydrogens (tertiary/aromatic N) is 3. The maximum atomic E-state index is 13.5. The molecule has 0 bridgehead atoms. The summed E-state index contributed by atoms with van der Waals surface area (Å²) in [7, 11) is 0. The van der Waals surface area contributed by atoms with Crippen LogP contribution in [0.1, 0.15) is 11.3 Å². The molecule has 1 aromatic heterocycles. The Morgan fingerprint density at radius 1 is 0.889 bits per heavy atom. The van der Waals surface area contributed by atoms with E-state index in [1.165, 1.54) is 0 Å². The molecule has 0 aliphatic carbocycles. The molecule has 0 atom stereocenters. The second-order valence-electron chi connectivity index (χ2n) is 9.07. The van der Waals surface area contributed by atoms with E-state index in [4.69, 9.17) is 0 Å². The Morgan fingerprint density at radius 2 is 1.72 bits per heavy atom. The zero-order chi connectivity index (χ0) is 24.3.